The number of nitro benzene ring substituents is 1. The van der Waals surface area contributed by atoms with Gasteiger partial charge in [-0.1, -0.05) is 0 Å². The van der Waals surface area contributed by atoms with Crippen molar-refractivity contribution >= 4 is 21.4 Å². The van der Waals surface area contributed by atoms with Crippen LogP contribution >= 0.6 is 0 Å². The molecule has 0 radical (unpaired) electrons. The van der Waals surface area contributed by atoms with E-state index in [1.165, 1.54) is 16.4 Å². The Bertz CT molecular complexity index is 731. The number of nitro groups is 1. The Labute approximate surface area is 140 Å². The van der Waals surface area contributed by atoms with Crippen LogP contribution in [-0.4, -0.2) is 55.0 Å². The molecule has 0 amide bonds. The van der Waals surface area contributed by atoms with E-state index >= 15 is 0 Å². The van der Waals surface area contributed by atoms with E-state index in [2.05, 4.69) is 0 Å². The lowest BCUT2D eigenvalue weighted by atomic mass is 10.1. The first-order chi connectivity index (χ1) is 11.4. The monoisotopic (exact) mass is 355 g/mol. The van der Waals surface area contributed by atoms with Crippen LogP contribution in [0.15, 0.2) is 23.1 Å². The summed E-state index contributed by atoms with van der Waals surface area (Å²) in [4.78, 5) is 12.6. The van der Waals surface area contributed by atoms with Crippen molar-refractivity contribution in [1.82, 2.24) is 4.31 Å². The van der Waals surface area contributed by atoms with Gasteiger partial charge in [0.05, 0.1) is 15.9 Å². The summed E-state index contributed by atoms with van der Waals surface area (Å²) in [5.74, 6) is 0. The number of benzene rings is 1. The van der Waals surface area contributed by atoms with E-state index in [0.717, 1.165) is 25.3 Å². The molecule has 2 aliphatic heterocycles. The molecule has 1 unspecified atom stereocenters. The van der Waals surface area contributed by atoms with Crippen LogP contribution in [0.3, 0.4) is 0 Å². The Morgan fingerprint density at radius 2 is 1.88 bits per heavy atom. The van der Waals surface area contributed by atoms with Crippen molar-refractivity contribution in [3.63, 3.8) is 0 Å². The fourth-order valence-corrected chi connectivity index (χ4v) is 4.87. The van der Waals surface area contributed by atoms with Crippen LogP contribution in [0.4, 0.5) is 11.4 Å². The average molecular weight is 355 g/mol. The minimum absolute atomic E-state index is 0.0441. The van der Waals surface area contributed by atoms with Crippen LogP contribution in [0, 0.1) is 10.1 Å². The molecule has 8 nitrogen and oxygen atoms in total. The van der Waals surface area contributed by atoms with Crippen LogP contribution in [0.25, 0.3) is 0 Å². The van der Waals surface area contributed by atoms with Gasteiger partial charge in [-0.15, -0.1) is 0 Å². The number of piperidine rings is 1. The molecule has 1 N–H and O–H groups in total. The second-order valence-electron chi connectivity index (χ2n) is 6.26. The summed E-state index contributed by atoms with van der Waals surface area (Å²) in [6.07, 6.45) is 2.51. The van der Waals surface area contributed by atoms with Gasteiger partial charge in [-0.3, -0.25) is 10.1 Å². The molecule has 2 heterocycles. The molecule has 132 valence electrons. The van der Waals surface area contributed by atoms with Gasteiger partial charge in [0.15, 0.2) is 0 Å². The summed E-state index contributed by atoms with van der Waals surface area (Å²) >= 11 is 0. The number of aliphatic hydroxyl groups is 1. The lowest BCUT2D eigenvalue weighted by Crippen LogP contribution is -2.38. The number of sulfonamides is 1. The van der Waals surface area contributed by atoms with Crippen molar-refractivity contribution in [2.75, 3.05) is 31.1 Å². The largest absolute Gasteiger partial charge is 0.391 e. The maximum absolute atomic E-state index is 12.6. The lowest BCUT2D eigenvalue weighted by Gasteiger charge is -2.31. The molecule has 0 aliphatic carbocycles. The third-order valence-electron chi connectivity index (χ3n) is 4.58. The standard InChI is InChI=1S/C15H21N3O5S/c19-12-4-3-7-16(11-12)14-6-5-13(10-15(14)18(20)21)24(22,23)17-8-1-2-9-17/h5-6,10,12,19H,1-4,7-9,11H2. The van der Waals surface area contributed by atoms with E-state index in [1.807, 2.05) is 0 Å². The van der Waals surface area contributed by atoms with Crippen LogP contribution in [0.1, 0.15) is 25.7 Å². The summed E-state index contributed by atoms with van der Waals surface area (Å²) in [6.45, 7) is 1.83. The number of rotatable bonds is 4. The molecule has 0 aromatic heterocycles. The number of hydrogen-bond donors (Lipinski definition) is 1. The highest BCUT2D eigenvalue weighted by atomic mass is 32.2. The maximum Gasteiger partial charge on any atom is 0.293 e. The summed E-state index contributed by atoms with van der Waals surface area (Å²) < 4.78 is 26.6. The highest BCUT2D eigenvalue weighted by Crippen LogP contribution is 2.34. The van der Waals surface area contributed by atoms with Gasteiger partial charge >= 0.3 is 0 Å². The molecule has 9 heteroatoms. The molecule has 1 aromatic carbocycles. The Hall–Kier alpha value is -1.71. The third kappa shape index (κ3) is 3.24. The van der Waals surface area contributed by atoms with E-state index < -0.39 is 21.1 Å². The summed E-state index contributed by atoms with van der Waals surface area (Å²) in [5.41, 5.74) is 0.128. The maximum atomic E-state index is 12.6. The van der Waals surface area contributed by atoms with Gasteiger partial charge < -0.3 is 10.0 Å². The fraction of sp³-hybridized carbons (Fsp3) is 0.600. The Kier molecular flexibility index (Phi) is 4.75. The smallest absolute Gasteiger partial charge is 0.293 e. The van der Waals surface area contributed by atoms with E-state index in [0.29, 0.717) is 38.3 Å². The van der Waals surface area contributed by atoms with Gasteiger partial charge in [0.1, 0.15) is 5.69 Å². The molecule has 0 bridgehead atoms. The highest BCUT2D eigenvalue weighted by Gasteiger charge is 2.31. The van der Waals surface area contributed by atoms with Crippen molar-refractivity contribution in [1.29, 1.82) is 0 Å². The molecule has 3 rings (SSSR count). The summed E-state index contributed by atoms with van der Waals surface area (Å²) in [5, 5.41) is 21.2. The van der Waals surface area contributed by atoms with Crippen molar-refractivity contribution in [2.24, 2.45) is 0 Å². The van der Waals surface area contributed by atoms with E-state index in [-0.39, 0.29) is 10.6 Å². The highest BCUT2D eigenvalue weighted by molar-refractivity contribution is 7.89. The van der Waals surface area contributed by atoms with Crippen LogP contribution in [-0.2, 0) is 10.0 Å². The number of β-amino-alcohol motifs (C(OH)–C–C–N with tert-alkyl or cyclic N) is 1. The molecule has 2 aliphatic rings. The van der Waals surface area contributed by atoms with E-state index in [9.17, 15) is 23.6 Å². The Morgan fingerprint density at radius 3 is 2.50 bits per heavy atom. The predicted octanol–water partition coefficient (Wildman–Crippen LogP) is 1.34. The van der Waals surface area contributed by atoms with Crippen molar-refractivity contribution in [2.45, 2.75) is 36.7 Å². The number of hydrogen-bond acceptors (Lipinski definition) is 6. The first-order valence-electron chi connectivity index (χ1n) is 8.11. The second kappa shape index (κ2) is 6.66. The van der Waals surface area contributed by atoms with Gasteiger partial charge in [-0.25, -0.2) is 8.42 Å². The predicted molar refractivity (Wildman–Crippen MR) is 88.5 cm³/mol. The molecule has 1 atom stereocenters. The molecule has 0 saturated carbocycles. The first kappa shape index (κ1) is 17.1. The molecular weight excluding hydrogens is 334 g/mol. The summed E-state index contributed by atoms with van der Waals surface area (Å²) in [6, 6.07) is 4.06. The molecule has 2 fully saturated rings. The average Bonchev–Trinajstić information content (AvgIpc) is 3.09. The van der Waals surface area contributed by atoms with Gasteiger partial charge in [-0.05, 0) is 37.8 Å². The zero-order chi connectivity index (χ0) is 17.3. The SMILES string of the molecule is O=[N+]([O-])c1cc(S(=O)(=O)N2CCCC2)ccc1N1CCCC(O)C1. The Morgan fingerprint density at radius 1 is 1.17 bits per heavy atom. The molecular formula is C15H21N3O5S. The lowest BCUT2D eigenvalue weighted by molar-refractivity contribution is -0.384. The molecule has 0 spiro atoms. The summed E-state index contributed by atoms with van der Waals surface area (Å²) in [7, 11) is -3.69. The third-order valence-corrected chi connectivity index (χ3v) is 6.48. The van der Waals surface area contributed by atoms with Crippen LogP contribution in [0.5, 0.6) is 0 Å². The topological polar surface area (TPSA) is 104 Å². The van der Waals surface area contributed by atoms with Crippen molar-refractivity contribution in [3.05, 3.63) is 28.3 Å². The number of anilines is 1. The van der Waals surface area contributed by atoms with Crippen LogP contribution in [0.2, 0.25) is 0 Å². The number of nitrogens with zero attached hydrogens (tertiary/aromatic N) is 3. The molecule has 1 aromatic rings. The van der Waals surface area contributed by atoms with Gasteiger partial charge in [0.2, 0.25) is 10.0 Å². The first-order valence-corrected chi connectivity index (χ1v) is 9.55. The van der Waals surface area contributed by atoms with Gasteiger partial charge in [-0.2, -0.15) is 4.31 Å². The minimum Gasteiger partial charge on any atom is -0.391 e. The van der Waals surface area contributed by atoms with Crippen molar-refractivity contribution in [3.8, 4) is 0 Å². The van der Waals surface area contributed by atoms with Gasteiger partial charge in [0.25, 0.3) is 5.69 Å². The fourth-order valence-electron chi connectivity index (χ4n) is 3.33. The zero-order valence-electron chi connectivity index (χ0n) is 13.3. The van der Waals surface area contributed by atoms with E-state index in [4.69, 9.17) is 0 Å². The normalized spacial score (nSPS) is 22.7. The molecule has 2 saturated heterocycles. The second-order valence-corrected chi connectivity index (χ2v) is 8.20. The van der Waals surface area contributed by atoms with Gasteiger partial charge in [0, 0.05) is 32.2 Å². The van der Waals surface area contributed by atoms with Crippen LogP contribution < -0.4 is 4.90 Å². The van der Waals surface area contributed by atoms with E-state index in [1.54, 1.807) is 4.90 Å². The van der Waals surface area contributed by atoms with Crippen molar-refractivity contribution < 1.29 is 18.4 Å². The zero-order valence-corrected chi connectivity index (χ0v) is 14.1. The Balaban J connectivity index is 1.97. The molecule has 24 heavy (non-hydrogen) atoms. The minimum atomic E-state index is -3.69. The number of aliphatic hydroxyl groups excluding tert-OH is 1. The quantitative estimate of drug-likeness (QED) is 0.646.